The largest absolute Gasteiger partial charge is 0.504 e. The maximum atomic E-state index is 13.0. The summed E-state index contributed by atoms with van der Waals surface area (Å²) in [5.74, 6) is -0.610. The highest BCUT2D eigenvalue weighted by Crippen LogP contribution is 2.50. The van der Waals surface area contributed by atoms with Gasteiger partial charge in [0.15, 0.2) is 11.5 Å². The molecule has 0 atom stereocenters. The summed E-state index contributed by atoms with van der Waals surface area (Å²) < 4.78 is 0. The predicted octanol–water partition coefficient (Wildman–Crippen LogP) is 4.45. The molecule has 0 radical (unpaired) electrons. The minimum atomic E-state index is -0.682. The molecule has 0 bridgehead atoms. The van der Waals surface area contributed by atoms with Gasteiger partial charge in [0.25, 0.3) is 5.91 Å². The van der Waals surface area contributed by atoms with Crippen molar-refractivity contribution in [2.24, 2.45) is 0 Å². The molecule has 2 amide bonds. The third-order valence-electron chi connectivity index (χ3n) is 6.02. The maximum Gasteiger partial charge on any atom is 0.253 e. The molecule has 0 spiro atoms. The number of carbonyl (C=O) groups excluding carboxylic acids is 2. The summed E-state index contributed by atoms with van der Waals surface area (Å²) in [6.45, 7) is 1.97. The maximum absolute atomic E-state index is 13.0. The Kier molecular flexibility index (Phi) is 5.38. The topological polar surface area (TPSA) is 89.9 Å². The van der Waals surface area contributed by atoms with Crippen LogP contribution in [0.3, 0.4) is 0 Å². The number of amides is 2. The molecule has 3 aromatic rings. The number of hydrogen-bond donors (Lipinski definition) is 3. The summed E-state index contributed by atoms with van der Waals surface area (Å²) in [7, 11) is 3.45. The number of nitrogens with zero attached hydrogens (tertiary/aromatic N) is 1. The number of hydrogen-bond acceptors (Lipinski definition) is 4. The fourth-order valence-electron chi connectivity index (χ4n) is 3.99. The van der Waals surface area contributed by atoms with Crippen LogP contribution in [0.2, 0.25) is 0 Å². The number of rotatable bonds is 5. The van der Waals surface area contributed by atoms with E-state index >= 15 is 0 Å². The Morgan fingerprint density at radius 1 is 0.938 bits per heavy atom. The van der Waals surface area contributed by atoms with E-state index in [9.17, 15) is 19.8 Å². The van der Waals surface area contributed by atoms with Gasteiger partial charge in [0.1, 0.15) is 0 Å². The number of aromatic hydroxyl groups is 2. The summed E-state index contributed by atoms with van der Waals surface area (Å²) in [6, 6.07) is 17.8. The predicted molar refractivity (Wildman–Crippen MR) is 124 cm³/mol. The first-order valence-corrected chi connectivity index (χ1v) is 10.5. The monoisotopic (exact) mass is 430 g/mol. The van der Waals surface area contributed by atoms with E-state index in [1.165, 1.54) is 12.1 Å². The van der Waals surface area contributed by atoms with Crippen molar-refractivity contribution in [3.8, 4) is 22.6 Å². The lowest BCUT2D eigenvalue weighted by Gasteiger charge is -2.17. The Morgan fingerprint density at radius 2 is 1.69 bits per heavy atom. The third-order valence-corrected chi connectivity index (χ3v) is 6.02. The van der Waals surface area contributed by atoms with Crippen molar-refractivity contribution in [1.82, 2.24) is 4.90 Å². The van der Waals surface area contributed by atoms with Gasteiger partial charge in [-0.15, -0.1) is 0 Å². The number of phenols is 2. The van der Waals surface area contributed by atoms with Gasteiger partial charge >= 0.3 is 0 Å². The molecule has 0 saturated heterocycles. The van der Waals surface area contributed by atoms with Crippen LogP contribution < -0.4 is 5.32 Å². The summed E-state index contributed by atoms with van der Waals surface area (Å²) in [5, 5.41) is 22.4. The molecule has 0 unspecified atom stereocenters. The highest BCUT2D eigenvalue weighted by atomic mass is 16.3. The first-order valence-electron chi connectivity index (χ1n) is 10.5. The Hall–Kier alpha value is -3.80. The van der Waals surface area contributed by atoms with E-state index in [0.29, 0.717) is 29.7 Å². The third kappa shape index (κ3) is 3.91. The van der Waals surface area contributed by atoms with Gasteiger partial charge in [0, 0.05) is 25.3 Å². The highest BCUT2D eigenvalue weighted by Gasteiger charge is 2.51. The first kappa shape index (κ1) is 21.4. The number of aryl methyl sites for hydroxylation is 1. The molecule has 4 rings (SSSR count). The smallest absolute Gasteiger partial charge is 0.253 e. The zero-order valence-electron chi connectivity index (χ0n) is 18.3. The second kappa shape index (κ2) is 8.04. The van der Waals surface area contributed by atoms with Gasteiger partial charge in [-0.3, -0.25) is 9.59 Å². The average Bonchev–Trinajstić information content (AvgIpc) is 3.57. The van der Waals surface area contributed by atoms with Crippen LogP contribution in [0, 0.1) is 6.92 Å². The summed E-state index contributed by atoms with van der Waals surface area (Å²) in [5.41, 5.74) is 4.22. The van der Waals surface area contributed by atoms with Crippen molar-refractivity contribution in [1.29, 1.82) is 0 Å². The van der Waals surface area contributed by atoms with Gasteiger partial charge in [-0.05, 0) is 78.4 Å². The Balaban J connectivity index is 1.55. The zero-order valence-corrected chi connectivity index (χ0v) is 18.3. The SMILES string of the molecule is Cc1cc(NC(=O)C2(c3ccc(O)c(O)c3)CC2)ccc1-c1cccc(C(=O)N(C)C)c1. The van der Waals surface area contributed by atoms with Gasteiger partial charge in [0.2, 0.25) is 5.91 Å². The Bertz CT molecular complexity index is 1210. The molecular formula is C26H26N2O4. The average molecular weight is 431 g/mol. The first-order chi connectivity index (χ1) is 15.2. The minimum Gasteiger partial charge on any atom is -0.504 e. The number of phenolic OH excluding ortho intramolecular Hbond substituents is 2. The summed E-state index contributed by atoms with van der Waals surface area (Å²) in [6.07, 6.45) is 1.37. The van der Waals surface area contributed by atoms with E-state index in [1.807, 2.05) is 43.3 Å². The van der Waals surface area contributed by atoms with Crippen LogP contribution in [-0.4, -0.2) is 41.0 Å². The second-order valence-corrected chi connectivity index (χ2v) is 8.55. The van der Waals surface area contributed by atoms with E-state index in [2.05, 4.69) is 5.32 Å². The lowest BCUT2D eigenvalue weighted by atomic mass is 9.94. The standard InChI is InChI=1S/C26H26N2O4/c1-16-13-20(8-9-21(16)17-5-4-6-18(14-17)24(31)28(2)3)27-25(32)26(11-12-26)19-7-10-22(29)23(30)15-19/h4-10,13-15,29-30H,11-12H2,1-3H3,(H,27,32). The van der Waals surface area contributed by atoms with Crippen LogP contribution in [0.4, 0.5) is 5.69 Å². The molecule has 1 saturated carbocycles. The fraction of sp³-hybridized carbons (Fsp3) is 0.231. The Labute approximate surface area is 187 Å². The van der Waals surface area contributed by atoms with Gasteiger partial charge < -0.3 is 20.4 Å². The molecule has 1 aliphatic rings. The van der Waals surface area contributed by atoms with Crippen molar-refractivity contribution >= 4 is 17.5 Å². The van der Waals surface area contributed by atoms with Crippen molar-refractivity contribution in [3.05, 3.63) is 77.4 Å². The van der Waals surface area contributed by atoms with Crippen LogP contribution in [0.1, 0.15) is 34.3 Å². The van der Waals surface area contributed by atoms with Crippen molar-refractivity contribution < 1.29 is 19.8 Å². The zero-order chi connectivity index (χ0) is 23.0. The quantitative estimate of drug-likeness (QED) is 0.522. The highest BCUT2D eigenvalue weighted by molar-refractivity contribution is 6.02. The normalized spacial score (nSPS) is 14.0. The van der Waals surface area contributed by atoms with Crippen LogP contribution >= 0.6 is 0 Å². The van der Waals surface area contributed by atoms with Crippen molar-refractivity contribution in [3.63, 3.8) is 0 Å². The molecule has 1 fully saturated rings. The Morgan fingerprint density at radius 3 is 2.31 bits per heavy atom. The molecule has 3 aromatic carbocycles. The van der Waals surface area contributed by atoms with Crippen molar-refractivity contribution in [2.75, 3.05) is 19.4 Å². The van der Waals surface area contributed by atoms with E-state index in [1.54, 1.807) is 31.1 Å². The molecule has 0 heterocycles. The van der Waals surface area contributed by atoms with Crippen LogP contribution in [0.25, 0.3) is 11.1 Å². The van der Waals surface area contributed by atoms with Gasteiger partial charge in [-0.1, -0.05) is 24.3 Å². The molecule has 164 valence electrons. The lowest BCUT2D eigenvalue weighted by molar-refractivity contribution is -0.118. The molecule has 1 aliphatic carbocycles. The molecule has 3 N–H and O–H groups in total. The van der Waals surface area contributed by atoms with E-state index < -0.39 is 5.41 Å². The van der Waals surface area contributed by atoms with Crippen LogP contribution in [-0.2, 0) is 10.2 Å². The van der Waals surface area contributed by atoms with Gasteiger partial charge in [0.05, 0.1) is 5.41 Å². The van der Waals surface area contributed by atoms with Gasteiger partial charge in [-0.25, -0.2) is 0 Å². The number of benzene rings is 3. The van der Waals surface area contributed by atoms with E-state index in [0.717, 1.165) is 16.7 Å². The second-order valence-electron chi connectivity index (χ2n) is 8.55. The lowest BCUT2D eigenvalue weighted by Crippen LogP contribution is -2.27. The summed E-state index contributed by atoms with van der Waals surface area (Å²) in [4.78, 5) is 26.9. The molecule has 6 heteroatoms. The number of carbonyl (C=O) groups is 2. The molecule has 0 aromatic heterocycles. The molecule has 6 nitrogen and oxygen atoms in total. The van der Waals surface area contributed by atoms with E-state index in [4.69, 9.17) is 0 Å². The fourth-order valence-corrected chi connectivity index (χ4v) is 3.99. The number of anilines is 1. The van der Waals surface area contributed by atoms with E-state index in [-0.39, 0.29) is 23.3 Å². The van der Waals surface area contributed by atoms with Crippen LogP contribution in [0.15, 0.2) is 60.7 Å². The van der Waals surface area contributed by atoms with Gasteiger partial charge in [-0.2, -0.15) is 0 Å². The van der Waals surface area contributed by atoms with Crippen molar-refractivity contribution in [2.45, 2.75) is 25.2 Å². The minimum absolute atomic E-state index is 0.0524. The van der Waals surface area contributed by atoms with Crippen LogP contribution in [0.5, 0.6) is 11.5 Å². The molecule has 32 heavy (non-hydrogen) atoms. The number of nitrogens with one attached hydrogen (secondary N) is 1. The summed E-state index contributed by atoms with van der Waals surface area (Å²) >= 11 is 0. The molecule has 0 aliphatic heterocycles. The molecular weight excluding hydrogens is 404 g/mol.